The summed E-state index contributed by atoms with van der Waals surface area (Å²) in [7, 11) is 0. The minimum Gasteiger partial charge on any atom is -0.481 e. The molecule has 6 heteroatoms. The van der Waals surface area contributed by atoms with Crippen molar-refractivity contribution in [2.75, 3.05) is 5.75 Å². The third-order valence-electron chi connectivity index (χ3n) is 3.15. The zero-order valence-corrected chi connectivity index (χ0v) is 14.4. The largest absolute Gasteiger partial charge is 0.481 e. The normalized spacial score (nSPS) is 10.8. The van der Waals surface area contributed by atoms with E-state index in [2.05, 4.69) is 51.5 Å². The zero-order valence-electron chi connectivity index (χ0n) is 12.0. The Hall–Kier alpha value is -1.27. The third kappa shape index (κ3) is 3.68. The van der Waals surface area contributed by atoms with Gasteiger partial charge in [0.2, 0.25) is 0 Å². The van der Waals surface area contributed by atoms with Gasteiger partial charge in [-0.05, 0) is 36.6 Å². The molecule has 1 aromatic carbocycles. The molecule has 112 valence electrons. The average molecular weight is 369 g/mol. The lowest BCUT2D eigenvalue weighted by Gasteiger charge is -2.15. The first-order chi connectivity index (χ1) is 10.1. The van der Waals surface area contributed by atoms with Gasteiger partial charge in [-0.25, -0.2) is 4.98 Å². The molecule has 0 atom stereocenters. The molecule has 0 aliphatic rings. The fourth-order valence-corrected chi connectivity index (χ4v) is 3.29. The van der Waals surface area contributed by atoms with Crippen molar-refractivity contribution < 1.29 is 9.90 Å². The second kappa shape index (κ2) is 7.13. The molecule has 21 heavy (non-hydrogen) atoms. The van der Waals surface area contributed by atoms with Crippen molar-refractivity contribution in [3.8, 4) is 5.69 Å². The molecule has 1 aromatic heterocycles. The van der Waals surface area contributed by atoms with Gasteiger partial charge in [0.1, 0.15) is 0 Å². The van der Waals surface area contributed by atoms with Crippen LogP contribution in [0.2, 0.25) is 0 Å². The minimum absolute atomic E-state index is 0.0121. The number of rotatable bonds is 6. The maximum Gasteiger partial charge on any atom is 0.313 e. The van der Waals surface area contributed by atoms with E-state index in [0.717, 1.165) is 33.9 Å². The van der Waals surface area contributed by atoms with Gasteiger partial charge in [-0.3, -0.25) is 9.36 Å². The first-order valence-corrected chi connectivity index (χ1v) is 8.54. The van der Waals surface area contributed by atoms with E-state index in [4.69, 9.17) is 5.11 Å². The number of carboxylic acid groups (broad SMARTS) is 1. The number of carbonyl (C=O) groups is 1. The molecule has 1 heterocycles. The number of aromatic nitrogens is 2. The molecule has 0 spiro atoms. The van der Waals surface area contributed by atoms with Crippen LogP contribution < -0.4 is 0 Å². The van der Waals surface area contributed by atoms with E-state index < -0.39 is 5.97 Å². The van der Waals surface area contributed by atoms with E-state index in [1.165, 1.54) is 17.3 Å². The van der Waals surface area contributed by atoms with Crippen LogP contribution in [-0.4, -0.2) is 26.4 Å². The van der Waals surface area contributed by atoms with Gasteiger partial charge in [0.15, 0.2) is 5.16 Å². The monoisotopic (exact) mass is 368 g/mol. The lowest BCUT2D eigenvalue weighted by Crippen LogP contribution is -2.06. The Kier molecular flexibility index (Phi) is 5.47. The highest BCUT2D eigenvalue weighted by Crippen LogP contribution is 2.28. The number of carboxylic acids is 1. The van der Waals surface area contributed by atoms with Crippen LogP contribution in [0.3, 0.4) is 0 Å². The molecular weight excluding hydrogens is 352 g/mol. The summed E-state index contributed by atoms with van der Waals surface area (Å²) < 4.78 is 3.11. The summed E-state index contributed by atoms with van der Waals surface area (Å²) in [6.07, 6.45) is 3.57. The number of nitrogens with zero attached hydrogens (tertiary/aromatic N) is 2. The maximum absolute atomic E-state index is 10.8. The minimum atomic E-state index is -0.834. The number of benzene rings is 1. The summed E-state index contributed by atoms with van der Waals surface area (Å²) >= 11 is 4.75. The second-order valence-electron chi connectivity index (χ2n) is 4.53. The Bertz CT molecular complexity index is 655. The van der Waals surface area contributed by atoms with Gasteiger partial charge in [-0.2, -0.15) is 0 Å². The molecule has 2 rings (SSSR count). The Labute approximate surface area is 136 Å². The van der Waals surface area contributed by atoms with Gasteiger partial charge >= 0.3 is 5.97 Å². The van der Waals surface area contributed by atoms with Crippen LogP contribution in [-0.2, 0) is 17.6 Å². The second-order valence-corrected chi connectivity index (χ2v) is 6.39. The van der Waals surface area contributed by atoms with E-state index in [1.54, 1.807) is 0 Å². The van der Waals surface area contributed by atoms with Crippen molar-refractivity contribution >= 4 is 33.7 Å². The molecule has 0 fully saturated rings. The van der Waals surface area contributed by atoms with Crippen molar-refractivity contribution in [2.24, 2.45) is 0 Å². The van der Waals surface area contributed by atoms with Crippen molar-refractivity contribution in [2.45, 2.75) is 31.8 Å². The molecule has 4 nitrogen and oxygen atoms in total. The maximum atomic E-state index is 10.8. The first kappa shape index (κ1) is 16.1. The molecule has 0 radical (unpaired) electrons. The van der Waals surface area contributed by atoms with Crippen LogP contribution in [0.5, 0.6) is 0 Å². The van der Waals surface area contributed by atoms with Gasteiger partial charge in [-0.15, -0.1) is 0 Å². The van der Waals surface area contributed by atoms with Crippen molar-refractivity contribution in [1.82, 2.24) is 9.55 Å². The molecule has 2 aromatic rings. The summed E-state index contributed by atoms with van der Waals surface area (Å²) in [6, 6.07) is 6.15. The molecule has 1 N–H and O–H groups in total. The predicted octanol–water partition coefficient (Wildman–Crippen LogP) is 3.94. The van der Waals surface area contributed by atoms with Crippen molar-refractivity contribution in [1.29, 1.82) is 0 Å². The smallest absolute Gasteiger partial charge is 0.313 e. The van der Waals surface area contributed by atoms with E-state index in [0.29, 0.717) is 0 Å². The molecule has 0 saturated heterocycles. The van der Waals surface area contributed by atoms with Gasteiger partial charge < -0.3 is 5.11 Å². The Morgan fingerprint density at radius 2 is 2.14 bits per heavy atom. The Morgan fingerprint density at radius 1 is 1.38 bits per heavy atom. The van der Waals surface area contributed by atoms with Gasteiger partial charge in [-0.1, -0.05) is 41.5 Å². The van der Waals surface area contributed by atoms with E-state index in [9.17, 15) is 4.79 Å². The molecule has 0 saturated carbocycles. The SMILES string of the molecule is CCc1cc(Br)ccc1-n1c(CC)cnc1SCC(=O)O. The summed E-state index contributed by atoms with van der Waals surface area (Å²) in [5.74, 6) is -0.822. The third-order valence-corrected chi connectivity index (χ3v) is 4.58. The zero-order chi connectivity index (χ0) is 15.4. The summed E-state index contributed by atoms with van der Waals surface area (Å²) in [5.41, 5.74) is 3.36. The molecular formula is C15H17BrN2O2S. The molecule has 0 amide bonds. The molecule has 0 bridgehead atoms. The van der Waals surface area contributed by atoms with E-state index in [-0.39, 0.29) is 5.75 Å². The average Bonchev–Trinajstić information content (AvgIpc) is 2.87. The topological polar surface area (TPSA) is 55.1 Å². The van der Waals surface area contributed by atoms with Crippen LogP contribution in [0, 0.1) is 0 Å². The number of imidazole rings is 1. The van der Waals surface area contributed by atoms with Gasteiger partial charge in [0, 0.05) is 16.4 Å². The molecule has 0 aliphatic carbocycles. The summed E-state index contributed by atoms with van der Waals surface area (Å²) in [5, 5.41) is 9.60. The Morgan fingerprint density at radius 3 is 2.76 bits per heavy atom. The van der Waals surface area contributed by atoms with E-state index >= 15 is 0 Å². The number of hydrogen-bond acceptors (Lipinski definition) is 3. The quantitative estimate of drug-likeness (QED) is 0.784. The van der Waals surface area contributed by atoms with Crippen LogP contribution in [0.4, 0.5) is 0 Å². The molecule has 0 unspecified atom stereocenters. The predicted molar refractivity (Wildman–Crippen MR) is 88.4 cm³/mol. The van der Waals surface area contributed by atoms with Crippen LogP contribution in [0.1, 0.15) is 25.1 Å². The lowest BCUT2D eigenvalue weighted by molar-refractivity contribution is -0.133. The van der Waals surface area contributed by atoms with E-state index in [1.807, 2.05) is 12.3 Å². The number of halogens is 1. The fraction of sp³-hybridized carbons (Fsp3) is 0.333. The van der Waals surface area contributed by atoms with Crippen LogP contribution in [0.25, 0.3) is 5.69 Å². The van der Waals surface area contributed by atoms with Crippen LogP contribution >= 0.6 is 27.7 Å². The van der Waals surface area contributed by atoms with Crippen molar-refractivity contribution in [3.63, 3.8) is 0 Å². The number of aryl methyl sites for hydroxylation is 2. The number of thioether (sulfide) groups is 1. The lowest BCUT2D eigenvalue weighted by atomic mass is 10.1. The first-order valence-electron chi connectivity index (χ1n) is 6.76. The highest BCUT2D eigenvalue weighted by Gasteiger charge is 2.15. The number of hydrogen-bond donors (Lipinski definition) is 1. The highest BCUT2D eigenvalue weighted by atomic mass is 79.9. The standard InChI is InChI=1S/C15H17BrN2O2S/c1-3-10-7-11(16)5-6-13(10)18-12(4-2)8-17-15(18)21-9-14(19)20/h5-8H,3-4,9H2,1-2H3,(H,19,20). The Balaban J connectivity index is 2.50. The van der Waals surface area contributed by atoms with Crippen LogP contribution in [0.15, 0.2) is 34.0 Å². The number of aliphatic carboxylic acids is 1. The molecule has 0 aliphatic heterocycles. The van der Waals surface area contributed by atoms with Gasteiger partial charge in [0.25, 0.3) is 0 Å². The summed E-state index contributed by atoms with van der Waals surface area (Å²) in [4.78, 5) is 15.2. The van der Waals surface area contributed by atoms with Crippen molar-refractivity contribution in [3.05, 3.63) is 40.1 Å². The summed E-state index contributed by atoms with van der Waals surface area (Å²) in [6.45, 7) is 4.18. The van der Waals surface area contributed by atoms with Gasteiger partial charge in [0.05, 0.1) is 11.4 Å². The fourth-order valence-electron chi connectivity index (χ4n) is 2.16. The highest BCUT2D eigenvalue weighted by molar-refractivity contribution is 9.10.